The quantitative estimate of drug-likeness (QED) is 0.900. The maximum Gasteiger partial charge on any atom is 0.253 e. The highest BCUT2D eigenvalue weighted by Gasteiger charge is 2.24. The van der Waals surface area contributed by atoms with Crippen molar-refractivity contribution in [2.75, 3.05) is 25.0 Å². The average Bonchev–Trinajstić information content (AvgIpc) is 2.84. The van der Waals surface area contributed by atoms with Crippen molar-refractivity contribution in [3.63, 3.8) is 0 Å². The second-order valence-electron chi connectivity index (χ2n) is 5.69. The van der Waals surface area contributed by atoms with Gasteiger partial charge in [-0.3, -0.25) is 4.79 Å². The van der Waals surface area contributed by atoms with Crippen molar-refractivity contribution >= 4 is 11.6 Å². The molecule has 0 unspecified atom stereocenters. The Balaban J connectivity index is 1.73. The first kappa shape index (κ1) is 12.5. The third-order valence-corrected chi connectivity index (χ3v) is 4.43. The standard InChI is InChI=1S/C16H22N2O/c1-2-18(11-12-4-3-5-12)16(19)14-6-7-15-13(10-14)8-9-17-15/h6-7,10,12,17H,2-5,8-9,11H2,1H3. The minimum absolute atomic E-state index is 0.198. The third kappa shape index (κ3) is 2.46. The number of anilines is 1. The highest BCUT2D eigenvalue weighted by Crippen LogP contribution is 2.28. The Morgan fingerprint density at radius 2 is 2.26 bits per heavy atom. The van der Waals surface area contributed by atoms with Crippen LogP contribution in [0.1, 0.15) is 42.1 Å². The third-order valence-electron chi connectivity index (χ3n) is 4.43. The summed E-state index contributed by atoms with van der Waals surface area (Å²) in [6.07, 6.45) is 4.95. The Labute approximate surface area is 115 Å². The van der Waals surface area contributed by atoms with Gasteiger partial charge in [-0.25, -0.2) is 0 Å². The fraction of sp³-hybridized carbons (Fsp3) is 0.562. The first-order valence-corrected chi connectivity index (χ1v) is 7.44. The van der Waals surface area contributed by atoms with Crippen molar-refractivity contribution in [1.82, 2.24) is 4.90 Å². The van der Waals surface area contributed by atoms with Crippen LogP contribution in [0.4, 0.5) is 5.69 Å². The molecular weight excluding hydrogens is 236 g/mol. The molecule has 0 bridgehead atoms. The van der Waals surface area contributed by atoms with E-state index < -0.39 is 0 Å². The van der Waals surface area contributed by atoms with Gasteiger partial charge in [-0.15, -0.1) is 0 Å². The summed E-state index contributed by atoms with van der Waals surface area (Å²) in [7, 11) is 0. The van der Waals surface area contributed by atoms with Crippen molar-refractivity contribution in [2.45, 2.75) is 32.6 Å². The summed E-state index contributed by atoms with van der Waals surface area (Å²) in [5.74, 6) is 0.934. The number of hydrogen-bond donors (Lipinski definition) is 1. The average molecular weight is 258 g/mol. The van der Waals surface area contributed by atoms with E-state index in [1.165, 1.54) is 30.5 Å². The number of benzene rings is 1. The fourth-order valence-electron chi connectivity index (χ4n) is 2.96. The summed E-state index contributed by atoms with van der Waals surface area (Å²) >= 11 is 0. The summed E-state index contributed by atoms with van der Waals surface area (Å²) in [6, 6.07) is 6.08. The van der Waals surface area contributed by atoms with Gasteiger partial charge in [-0.05, 0) is 55.9 Å². The molecule has 1 amide bonds. The lowest BCUT2D eigenvalue weighted by Gasteiger charge is -2.32. The van der Waals surface area contributed by atoms with E-state index in [2.05, 4.69) is 18.3 Å². The van der Waals surface area contributed by atoms with Crippen LogP contribution in [-0.4, -0.2) is 30.4 Å². The maximum absolute atomic E-state index is 12.6. The van der Waals surface area contributed by atoms with E-state index in [0.717, 1.165) is 37.5 Å². The molecule has 102 valence electrons. The van der Waals surface area contributed by atoms with Crippen LogP contribution in [0.15, 0.2) is 18.2 Å². The van der Waals surface area contributed by atoms with Crippen LogP contribution < -0.4 is 5.32 Å². The molecule has 1 fully saturated rings. The Morgan fingerprint density at radius 1 is 1.42 bits per heavy atom. The molecule has 19 heavy (non-hydrogen) atoms. The fourth-order valence-corrected chi connectivity index (χ4v) is 2.96. The van der Waals surface area contributed by atoms with Gasteiger partial charge >= 0.3 is 0 Å². The summed E-state index contributed by atoms with van der Waals surface area (Å²) in [4.78, 5) is 14.6. The molecule has 1 aliphatic carbocycles. The normalized spacial score (nSPS) is 17.5. The van der Waals surface area contributed by atoms with Gasteiger partial charge in [-0.2, -0.15) is 0 Å². The van der Waals surface area contributed by atoms with Crippen molar-refractivity contribution in [3.8, 4) is 0 Å². The predicted octanol–water partition coefficient (Wildman–Crippen LogP) is 2.92. The van der Waals surface area contributed by atoms with E-state index in [1.54, 1.807) is 0 Å². The number of nitrogens with zero attached hydrogens (tertiary/aromatic N) is 1. The molecule has 1 saturated carbocycles. The molecule has 0 atom stereocenters. The lowest BCUT2D eigenvalue weighted by molar-refractivity contribution is 0.0706. The number of rotatable bonds is 4. The molecule has 3 heteroatoms. The van der Waals surface area contributed by atoms with Crippen LogP contribution in [0.2, 0.25) is 0 Å². The first-order chi connectivity index (χ1) is 9.28. The van der Waals surface area contributed by atoms with E-state index in [-0.39, 0.29) is 5.91 Å². The van der Waals surface area contributed by atoms with Gasteiger partial charge in [0.1, 0.15) is 0 Å². The van der Waals surface area contributed by atoms with Crippen molar-refractivity contribution in [2.24, 2.45) is 5.92 Å². The largest absolute Gasteiger partial charge is 0.384 e. The second kappa shape index (κ2) is 5.24. The first-order valence-electron chi connectivity index (χ1n) is 7.44. The molecule has 1 aliphatic heterocycles. The molecule has 1 aromatic rings. The minimum atomic E-state index is 0.198. The van der Waals surface area contributed by atoms with Gasteiger partial charge in [0.15, 0.2) is 0 Å². The summed E-state index contributed by atoms with van der Waals surface area (Å²) in [5.41, 5.74) is 3.33. The number of hydrogen-bond acceptors (Lipinski definition) is 2. The van der Waals surface area contributed by atoms with Crippen LogP contribution in [0.5, 0.6) is 0 Å². The molecule has 0 spiro atoms. The maximum atomic E-state index is 12.6. The zero-order valence-electron chi connectivity index (χ0n) is 11.6. The summed E-state index contributed by atoms with van der Waals surface area (Å²) in [6.45, 7) is 4.81. The molecule has 3 rings (SSSR count). The van der Waals surface area contributed by atoms with Crippen LogP contribution in [0, 0.1) is 5.92 Å². The molecule has 1 heterocycles. The van der Waals surface area contributed by atoms with E-state index in [1.807, 2.05) is 17.0 Å². The van der Waals surface area contributed by atoms with Gasteiger partial charge in [0.05, 0.1) is 0 Å². The monoisotopic (exact) mass is 258 g/mol. The molecular formula is C16H22N2O. The lowest BCUT2D eigenvalue weighted by Crippen LogP contribution is -2.37. The zero-order valence-corrected chi connectivity index (χ0v) is 11.6. The van der Waals surface area contributed by atoms with Crippen LogP contribution in [0.3, 0.4) is 0 Å². The number of fused-ring (bicyclic) bond motifs is 1. The Morgan fingerprint density at radius 3 is 2.95 bits per heavy atom. The molecule has 0 saturated heterocycles. The zero-order chi connectivity index (χ0) is 13.2. The van der Waals surface area contributed by atoms with Gasteiger partial charge in [0.2, 0.25) is 0 Å². The van der Waals surface area contributed by atoms with Crippen molar-refractivity contribution in [1.29, 1.82) is 0 Å². The molecule has 0 aromatic heterocycles. The van der Waals surface area contributed by atoms with Crippen molar-refractivity contribution < 1.29 is 4.79 Å². The number of nitrogens with one attached hydrogen (secondary N) is 1. The summed E-state index contributed by atoms with van der Waals surface area (Å²) in [5, 5.41) is 3.34. The molecule has 0 radical (unpaired) electrons. The Hall–Kier alpha value is -1.51. The van der Waals surface area contributed by atoms with Crippen molar-refractivity contribution in [3.05, 3.63) is 29.3 Å². The molecule has 2 aliphatic rings. The van der Waals surface area contributed by atoms with E-state index in [0.29, 0.717) is 0 Å². The van der Waals surface area contributed by atoms with E-state index in [4.69, 9.17) is 0 Å². The topological polar surface area (TPSA) is 32.3 Å². The lowest BCUT2D eigenvalue weighted by atomic mass is 9.85. The molecule has 1 aromatic carbocycles. The Kier molecular flexibility index (Phi) is 3.45. The van der Waals surface area contributed by atoms with Crippen LogP contribution in [0.25, 0.3) is 0 Å². The number of amides is 1. The van der Waals surface area contributed by atoms with Gasteiger partial charge < -0.3 is 10.2 Å². The Bertz CT molecular complexity index is 480. The summed E-state index contributed by atoms with van der Waals surface area (Å²) < 4.78 is 0. The van der Waals surface area contributed by atoms with E-state index in [9.17, 15) is 4.79 Å². The van der Waals surface area contributed by atoms with Gasteiger partial charge in [-0.1, -0.05) is 6.42 Å². The van der Waals surface area contributed by atoms with E-state index >= 15 is 0 Å². The van der Waals surface area contributed by atoms with Crippen LogP contribution in [-0.2, 0) is 6.42 Å². The smallest absolute Gasteiger partial charge is 0.253 e. The molecule has 3 nitrogen and oxygen atoms in total. The minimum Gasteiger partial charge on any atom is -0.384 e. The number of carbonyl (C=O) groups excluding carboxylic acids is 1. The van der Waals surface area contributed by atoms with Crippen LogP contribution >= 0.6 is 0 Å². The predicted molar refractivity (Wildman–Crippen MR) is 77.6 cm³/mol. The SMILES string of the molecule is CCN(CC1CCC1)C(=O)c1ccc2c(c1)CCN2. The second-order valence-corrected chi connectivity index (χ2v) is 5.69. The van der Waals surface area contributed by atoms with Gasteiger partial charge in [0, 0.05) is 30.9 Å². The highest BCUT2D eigenvalue weighted by molar-refractivity contribution is 5.95. The van der Waals surface area contributed by atoms with Gasteiger partial charge in [0.25, 0.3) is 5.91 Å². The molecule has 1 N–H and O–H groups in total. The number of carbonyl (C=O) groups is 1. The highest BCUT2D eigenvalue weighted by atomic mass is 16.2.